The number of aromatic nitrogens is 1. The van der Waals surface area contributed by atoms with Crippen LogP contribution in [-0.2, 0) is 0 Å². The van der Waals surface area contributed by atoms with Crippen molar-refractivity contribution in [1.82, 2.24) is 10.3 Å². The van der Waals surface area contributed by atoms with E-state index in [1.807, 2.05) is 36.4 Å². The van der Waals surface area contributed by atoms with Crippen molar-refractivity contribution in [3.05, 3.63) is 47.6 Å². The van der Waals surface area contributed by atoms with Gasteiger partial charge in [-0.3, -0.25) is 0 Å². The molecule has 7 heteroatoms. The number of halogens is 1. The second-order valence-electron chi connectivity index (χ2n) is 4.02. The highest BCUT2D eigenvalue weighted by atomic mass is 35.5. The van der Waals surface area contributed by atoms with Crippen molar-refractivity contribution >= 4 is 46.4 Å². The number of aliphatic hydroxyl groups is 1. The summed E-state index contributed by atoms with van der Waals surface area (Å²) in [5.74, 6) is 0. The van der Waals surface area contributed by atoms with Crippen LogP contribution in [-0.4, -0.2) is 28.4 Å². The minimum atomic E-state index is 0.0290. The van der Waals surface area contributed by atoms with E-state index in [1.54, 1.807) is 6.20 Å². The number of nitrogens with one attached hydrogen (secondary N) is 2. The fourth-order valence-electron chi connectivity index (χ4n) is 1.52. The highest BCUT2D eigenvalue weighted by Crippen LogP contribution is 2.31. The number of nitrogens with zero attached hydrogens (tertiary/aromatic N) is 1. The second-order valence-corrected chi connectivity index (χ2v) is 5.92. The third-order valence-electron chi connectivity index (χ3n) is 2.44. The van der Waals surface area contributed by atoms with Gasteiger partial charge >= 0.3 is 0 Å². The third kappa shape index (κ3) is 5.17. The number of hydrogen-bond acceptors (Lipinski definition) is 4. The summed E-state index contributed by atoms with van der Waals surface area (Å²) in [6.45, 7) is 0.437. The standard InChI is InChI=1S/C14H14ClN3OS2/c15-10-3-5-11(6-4-10)21-13-12(2-1-7-16-13)18-14(20)17-8-9-19/h1-7,19H,8-9H2,(H2,17,18,20). The molecule has 0 saturated carbocycles. The van der Waals surface area contributed by atoms with Crippen molar-refractivity contribution in [1.29, 1.82) is 0 Å². The van der Waals surface area contributed by atoms with Gasteiger partial charge in [0.2, 0.25) is 0 Å². The number of aliphatic hydroxyl groups excluding tert-OH is 1. The van der Waals surface area contributed by atoms with E-state index in [9.17, 15) is 0 Å². The van der Waals surface area contributed by atoms with Gasteiger partial charge in [-0.15, -0.1) is 0 Å². The summed E-state index contributed by atoms with van der Waals surface area (Å²) in [6.07, 6.45) is 1.73. The number of benzene rings is 1. The van der Waals surface area contributed by atoms with E-state index >= 15 is 0 Å². The molecule has 2 rings (SSSR count). The van der Waals surface area contributed by atoms with Crippen molar-refractivity contribution in [3.8, 4) is 0 Å². The van der Waals surface area contributed by atoms with Gasteiger partial charge in [0.1, 0.15) is 5.03 Å². The van der Waals surface area contributed by atoms with Crippen molar-refractivity contribution in [2.45, 2.75) is 9.92 Å². The maximum absolute atomic E-state index is 8.78. The fraction of sp³-hybridized carbons (Fsp3) is 0.143. The molecule has 3 N–H and O–H groups in total. The Bertz CT molecular complexity index is 607. The van der Waals surface area contributed by atoms with Crippen molar-refractivity contribution in [3.63, 3.8) is 0 Å². The molecule has 0 fully saturated rings. The Hall–Kier alpha value is -1.34. The SMILES string of the molecule is OCCNC(=S)Nc1cccnc1Sc1ccc(Cl)cc1. The van der Waals surface area contributed by atoms with Crippen LogP contribution in [0.3, 0.4) is 0 Å². The summed E-state index contributed by atoms with van der Waals surface area (Å²) in [4.78, 5) is 5.40. The average Bonchev–Trinajstić information content (AvgIpc) is 2.49. The molecular weight excluding hydrogens is 326 g/mol. The monoisotopic (exact) mass is 339 g/mol. The first-order valence-electron chi connectivity index (χ1n) is 6.23. The molecule has 0 aliphatic heterocycles. The highest BCUT2D eigenvalue weighted by molar-refractivity contribution is 7.99. The van der Waals surface area contributed by atoms with Gasteiger partial charge in [-0.25, -0.2) is 4.98 Å². The Morgan fingerprint density at radius 2 is 2.05 bits per heavy atom. The molecule has 2 aromatic rings. The molecule has 0 bridgehead atoms. The van der Waals surface area contributed by atoms with Gasteiger partial charge in [-0.1, -0.05) is 23.4 Å². The molecule has 0 unspecified atom stereocenters. The molecule has 0 saturated heterocycles. The minimum absolute atomic E-state index is 0.0290. The lowest BCUT2D eigenvalue weighted by Gasteiger charge is -2.12. The van der Waals surface area contributed by atoms with Crippen LogP contribution in [0.1, 0.15) is 0 Å². The van der Waals surface area contributed by atoms with Crippen LogP contribution in [0.15, 0.2) is 52.5 Å². The predicted molar refractivity (Wildman–Crippen MR) is 91.1 cm³/mol. The van der Waals surface area contributed by atoms with Gasteiger partial charge in [0.15, 0.2) is 5.11 Å². The topological polar surface area (TPSA) is 57.2 Å². The molecule has 110 valence electrons. The molecule has 0 aliphatic carbocycles. The lowest BCUT2D eigenvalue weighted by Crippen LogP contribution is -2.30. The largest absolute Gasteiger partial charge is 0.395 e. The summed E-state index contributed by atoms with van der Waals surface area (Å²) >= 11 is 12.6. The van der Waals surface area contributed by atoms with Crippen LogP contribution in [0.25, 0.3) is 0 Å². The van der Waals surface area contributed by atoms with Crippen molar-refractivity contribution in [2.24, 2.45) is 0 Å². The van der Waals surface area contributed by atoms with Gasteiger partial charge in [-0.05, 0) is 48.6 Å². The van der Waals surface area contributed by atoms with E-state index in [0.717, 1.165) is 15.6 Å². The van der Waals surface area contributed by atoms with Gasteiger partial charge in [0, 0.05) is 22.7 Å². The Morgan fingerprint density at radius 1 is 1.29 bits per heavy atom. The maximum atomic E-state index is 8.78. The first kappa shape index (κ1) is 16.0. The first-order chi connectivity index (χ1) is 10.2. The number of pyridine rings is 1. The normalized spacial score (nSPS) is 10.2. The lowest BCUT2D eigenvalue weighted by molar-refractivity contribution is 0.300. The zero-order valence-corrected chi connectivity index (χ0v) is 13.4. The van der Waals surface area contributed by atoms with E-state index in [2.05, 4.69) is 15.6 Å². The van der Waals surface area contributed by atoms with E-state index in [-0.39, 0.29) is 6.61 Å². The Balaban J connectivity index is 2.09. The minimum Gasteiger partial charge on any atom is -0.395 e. The molecule has 1 aromatic heterocycles. The van der Waals surface area contributed by atoms with Gasteiger partial charge in [-0.2, -0.15) is 0 Å². The van der Waals surface area contributed by atoms with Crippen LogP contribution < -0.4 is 10.6 Å². The van der Waals surface area contributed by atoms with Crippen LogP contribution in [0.5, 0.6) is 0 Å². The molecule has 0 spiro atoms. The van der Waals surface area contributed by atoms with E-state index in [0.29, 0.717) is 16.7 Å². The number of thiocarbonyl (C=S) groups is 1. The second kappa shape index (κ2) is 8.19. The van der Waals surface area contributed by atoms with Crippen molar-refractivity contribution < 1.29 is 5.11 Å². The summed E-state index contributed by atoms with van der Waals surface area (Å²) < 4.78 is 0. The Labute approximate surface area is 137 Å². The van der Waals surface area contributed by atoms with Crippen LogP contribution in [0.4, 0.5) is 5.69 Å². The fourth-order valence-corrected chi connectivity index (χ4v) is 2.69. The molecule has 0 amide bonds. The molecule has 0 radical (unpaired) electrons. The van der Waals surface area contributed by atoms with Gasteiger partial charge in [0.25, 0.3) is 0 Å². The Morgan fingerprint density at radius 3 is 2.76 bits per heavy atom. The summed E-state index contributed by atoms with van der Waals surface area (Å²) in [5.41, 5.74) is 0.813. The third-order valence-corrected chi connectivity index (χ3v) is 3.97. The number of rotatable bonds is 5. The molecule has 1 aromatic carbocycles. The van der Waals surface area contributed by atoms with Crippen LogP contribution in [0.2, 0.25) is 5.02 Å². The van der Waals surface area contributed by atoms with E-state index < -0.39 is 0 Å². The van der Waals surface area contributed by atoms with E-state index in [1.165, 1.54) is 11.8 Å². The van der Waals surface area contributed by atoms with Crippen molar-refractivity contribution in [2.75, 3.05) is 18.5 Å². The molecular formula is C14H14ClN3OS2. The zero-order chi connectivity index (χ0) is 15.1. The molecule has 21 heavy (non-hydrogen) atoms. The number of anilines is 1. The van der Waals surface area contributed by atoms with Crippen LogP contribution in [0, 0.1) is 0 Å². The Kier molecular flexibility index (Phi) is 6.25. The molecule has 1 heterocycles. The zero-order valence-electron chi connectivity index (χ0n) is 11.0. The van der Waals surface area contributed by atoms with Gasteiger partial charge < -0.3 is 15.7 Å². The van der Waals surface area contributed by atoms with Crippen LogP contribution >= 0.6 is 35.6 Å². The highest BCUT2D eigenvalue weighted by Gasteiger charge is 2.07. The van der Waals surface area contributed by atoms with Gasteiger partial charge in [0.05, 0.1) is 12.3 Å². The number of hydrogen-bond donors (Lipinski definition) is 3. The first-order valence-corrected chi connectivity index (χ1v) is 7.83. The average molecular weight is 340 g/mol. The predicted octanol–water partition coefficient (Wildman–Crippen LogP) is 3.16. The summed E-state index contributed by atoms with van der Waals surface area (Å²) in [5, 5.41) is 16.7. The quantitative estimate of drug-likeness (QED) is 0.727. The summed E-state index contributed by atoms with van der Waals surface area (Å²) in [6, 6.07) is 11.3. The molecule has 0 aliphatic rings. The molecule has 4 nitrogen and oxygen atoms in total. The smallest absolute Gasteiger partial charge is 0.170 e. The lowest BCUT2D eigenvalue weighted by atomic mass is 10.4. The van der Waals surface area contributed by atoms with E-state index in [4.69, 9.17) is 28.9 Å². The maximum Gasteiger partial charge on any atom is 0.170 e. The summed E-state index contributed by atoms with van der Waals surface area (Å²) in [7, 11) is 0. The molecule has 0 atom stereocenters.